The van der Waals surface area contributed by atoms with Crippen molar-refractivity contribution in [1.29, 1.82) is 0 Å². The van der Waals surface area contributed by atoms with Gasteiger partial charge in [0.05, 0.1) is 23.3 Å². The fourth-order valence-electron chi connectivity index (χ4n) is 3.55. The summed E-state index contributed by atoms with van der Waals surface area (Å²) in [6, 6.07) is 9.86. The molecule has 0 unspecified atom stereocenters. The van der Waals surface area contributed by atoms with Crippen LogP contribution in [0.3, 0.4) is 0 Å². The zero-order chi connectivity index (χ0) is 20.6. The molecule has 0 saturated carbocycles. The first-order valence-electron chi connectivity index (χ1n) is 9.30. The maximum atomic E-state index is 12.7. The summed E-state index contributed by atoms with van der Waals surface area (Å²) >= 11 is 0. The van der Waals surface area contributed by atoms with Crippen molar-refractivity contribution in [3.8, 4) is 0 Å². The Balaban J connectivity index is 1.44. The Morgan fingerprint density at radius 3 is 2.31 bits per heavy atom. The van der Waals surface area contributed by atoms with E-state index in [9.17, 15) is 18.0 Å². The highest BCUT2D eigenvalue weighted by Gasteiger charge is 2.31. The Hall–Kier alpha value is -2.94. The smallest absolute Gasteiger partial charge is 0.354 e. The molecule has 0 radical (unpaired) electrons. The van der Waals surface area contributed by atoms with E-state index in [4.69, 9.17) is 0 Å². The van der Waals surface area contributed by atoms with Crippen LogP contribution in [0.15, 0.2) is 47.4 Å². The molecule has 1 saturated heterocycles. The van der Waals surface area contributed by atoms with Gasteiger partial charge in [0.1, 0.15) is 5.82 Å². The molecule has 0 bridgehead atoms. The molecule has 9 heteroatoms. The summed E-state index contributed by atoms with van der Waals surface area (Å²) in [7, 11) is 0. The van der Waals surface area contributed by atoms with Crippen molar-refractivity contribution in [2.24, 2.45) is 0 Å². The molecule has 1 aliphatic rings. The Morgan fingerprint density at radius 1 is 1.00 bits per heavy atom. The number of anilines is 1. The lowest BCUT2D eigenvalue weighted by molar-refractivity contribution is -0.137. The molecule has 1 aliphatic heterocycles. The fourth-order valence-corrected chi connectivity index (χ4v) is 3.55. The molecular weight excluding hydrogens is 383 g/mol. The van der Waals surface area contributed by atoms with Gasteiger partial charge in [0.2, 0.25) is 0 Å². The van der Waals surface area contributed by atoms with E-state index in [2.05, 4.69) is 15.0 Å². The second-order valence-electron chi connectivity index (χ2n) is 7.09. The van der Waals surface area contributed by atoms with Gasteiger partial charge in [0.15, 0.2) is 0 Å². The van der Waals surface area contributed by atoms with Gasteiger partial charge in [0.25, 0.3) is 5.56 Å². The number of benzene rings is 1. The minimum atomic E-state index is -4.39. The molecule has 4 rings (SSSR count). The van der Waals surface area contributed by atoms with Crippen LogP contribution < -0.4 is 10.5 Å². The summed E-state index contributed by atoms with van der Waals surface area (Å²) in [5.41, 5.74) is -0.0807. The maximum absolute atomic E-state index is 12.7. The largest absolute Gasteiger partial charge is 0.417 e. The number of rotatable bonds is 3. The van der Waals surface area contributed by atoms with Crippen molar-refractivity contribution in [2.75, 3.05) is 31.1 Å². The van der Waals surface area contributed by atoms with E-state index in [1.165, 1.54) is 10.7 Å². The third-order valence-corrected chi connectivity index (χ3v) is 5.16. The molecule has 0 N–H and O–H groups in total. The highest BCUT2D eigenvalue weighted by atomic mass is 19.4. The SMILES string of the molecule is Cc1nn(CN2CCN(c3ccc(C(F)(F)F)cn3)CC2)c(=O)c2ccccc12. The van der Waals surface area contributed by atoms with Crippen molar-refractivity contribution >= 4 is 16.6 Å². The predicted octanol–water partition coefficient (Wildman–Crippen LogP) is 2.90. The van der Waals surface area contributed by atoms with Crippen molar-refractivity contribution in [3.05, 3.63) is 64.2 Å². The third-order valence-electron chi connectivity index (χ3n) is 5.16. The van der Waals surface area contributed by atoms with E-state index in [-0.39, 0.29) is 5.56 Å². The molecule has 6 nitrogen and oxygen atoms in total. The van der Waals surface area contributed by atoms with Crippen LogP contribution in [0.1, 0.15) is 11.3 Å². The van der Waals surface area contributed by atoms with Crippen LogP contribution in [0.2, 0.25) is 0 Å². The second-order valence-corrected chi connectivity index (χ2v) is 7.09. The summed E-state index contributed by atoms with van der Waals surface area (Å²) < 4.78 is 39.5. The normalized spacial score (nSPS) is 15.8. The van der Waals surface area contributed by atoms with Crippen LogP contribution in [0.4, 0.5) is 19.0 Å². The maximum Gasteiger partial charge on any atom is 0.417 e. The third kappa shape index (κ3) is 3.95. The number of aromatic nitrogens is 3. The molecular formula is C20H20F3N5O. The summed E-state index contributed by atoms with van der Waals surface area (Å²) in [4.78, 5) is 20.7. The Morgan fingerprint density at radius 2 is 1.69 bits per heavy atom. The van der Waals surface area contributed by atoms with Gasteiger partial charge in [-0.3, -0.25) is 9.69 Å². The number of aryl methyl sites for hydroxylation is 1. The van der Waals surface area contributed by atoms with Crippen LogP contribution in [0, 0.1) is 6.92 Å². The van der Waals surface area contributed by atoms with Crippen LogP contribution in [-0.2, 0) is 12.8 Å². The first-order valence-corrected chi connectivity index (χ1v) is 9.30. The number of nitrogens with zero attached hydrogens (tertiary/aromatic N) is 5. The van der Waals surface area contributed by atoms with E-state index in [1.807, 2.05) is 30.0 Å². The van der Waals surface area contributed by atoms with Crippen LogP contribution >= 0.6 is 0 Å². The van der Waals surface area contributed by atoms with Gasteiger partial charge in [0, 0.05) is 37.8 Å². The molecule has 1 aromatic carbocycles. The van der Waals surface area contributed by atoms with Gasteiger partial charge in [-0.15, -0.1) is 0 Å². The van der Waals surface area contributed by atoms with E-state index in [1.54, 1.807) is 6.07 Å². The van der Waals surface area contributed by atoms with Gasteiger partial charge < -0.3 is 4.90 Å². The molecule has 0 spiro atoms. The number of hydrogen-bond acceptors (Lipinski definition) is 5. The van der Waals surface area contributed by atoms with Crippen molar-refractivity contribution in [1.82, 2.24) is 19.7 Å². The number of alkyl halides is 3. The lowest BCUT2D eigenvalue weighted by Crippen LogP contribution is -2.48. The first kappa shape index (κ1) is 19.4. The van der Waals surface area contributed by atoms with Gasteiger partial charge in [-0.25, -0.2) is 9.67 Å². The minimum absolute atomic E-state index is 0.127. The van der Waals surface area contributed by atoms with E-state index in [0.29, 0.717) is 44.1 Å². The summed E-state index contributed by atoms with van der Waals surface area (Å²) in [6.45, 7) is 4.79. The predicted molar refractivity (Wildman–Crippen MR) is 104 cm³/mol. The van der Waals surface area contributed by atoms with E-state index < -0.39 is 11.7 Å². The second kappa shape index (κ2) is 7.47. The molecule has 3 aromatic rings. The Bertz CT molecular complexity index is 1070. The average molecular weight is 403 g/mol. The Labute approximate surface area is 165 Å². The number of piperazine rings is 1. The highest BCUT2D eigenvalue weighted by Crippen LogP contribution is 2.29. The van der Waals surface area contributed by atoms with Gasteiger partial charge in [-0.05, 0) is 25.1 Å². The minimum Gasteiger partial charge on any atom is -0.354 e. The number of fused-ring (bicyclic) bond motifs is 1. The highest BCUT2D eigenvalue weighted by molar-refractivity contribution is 5.83. The van der Waals surface area contributed by atoms with Crippen molar-refractivity contribution in [3.63, 3.8) is 0 Å². The quantitative estimate of drug-likeness (QED) is 0.673. The molecule has 0 atom stereocenters. The first-order chi connectivity index (χ1) is 13.8. The summed E-state index contributed by atoms with van der Waals surface area (Å²) in [5.74, 6) is 0.523. The average Bonchev–Trinajstić information content (AvgIpc) is 2.72. The monoisotopic (exact) mass is 403 g/mol. The fraction of sp³-hybridized carbons (Fsp3) is 0.350. The molecule has 0 aliphatic carbocycles. The van der Waals surface area contributed by atoms with E-state index >= 15 is 0 Å². The molecule has 152 valence electrons. The van der Waals surface area contributed by atoms with E-state index in [0.717, 1.165) is 23.3 Å². The van der Waals surface area contributed by atoms with Gasteiger partial charge in [-0.2, -0.15) is 18.3 Å². The zero-order valence-electron chi connectivity index (χ0n) is 15.9. The lowest BCUT2D eigenvalue weighted by atomic mass is 10.1. The zero-order valence-corrected chi connectivity index (χ0v) is 15.9. The van der Waals surface area contributed by atoms with Crippen molar-refractivity contribution < 1.29 is 13.2 Å². The standard InChI is InChI=1S/C20H20F3N5O/c1-14-16-4-2-3-5-17(16)19(29)28(25-14)13-26-8-10-27(11-9-26)18-7-6-15(12-24-18)20(21,22)23/h2-7,12H,8-11,13H2,1H3. The summed E-state index contributed by atoms with van der Waals surface area (Å²) in [5, 5.41) is 5.93. The number of pyridine rings is 1. The molecule has 1 fully saturated rings. The Kier molecular flexibility index (Phi) is 4.99. The number of halogens is 3. The molecule has 3 heterocycles. The lowest BCUT2D eigenvalue weighted by Gasteiger charge is -2.35. The van der Waals surface area contributed by atoms with Crippen LogP contribution in [-0.4, -0.2) is 45.8 Å². The molecule has 2 aromatic heterocycles. The molecule has 29 heavy (non-hydrogen) atoms. The van der Waals surface area contributed by atoms with Crippen molar-refractivity contribution in [2.45, 2.75) is 19.8 Å². The number of hydrogen-bond donors (Lipinski definition) is 0. The van der Waals surface area contributed by atoms with Gasteiger partial charge in [-0.1, -0.05) is 18.2 Å². The van der Waals surface area contributed by atoms with Gasteiger partial charge >= 0.3 is 6.18 Å². The molecule has 0 amide bonds. The summed E-state index contributed by atoms with van der Waals surface area (Å²) in [6.07, 6.45) is -3.52. The van der Waals surface area contributed by atoms with Crippen LogP contribution in [0.25, 0.3) is 10.8 Å². The van der Waals surface area contributed by atoms with Crippen LogP contribution in [0.5, 0.6) is 0 Å². The topological polar surface area (TPSA) is 54.3 Å².